The number of benzene rings is 2. The summed E-state index contributed by atoms with van der Waals surface area (Å²) >= 11 is 3.28. The fourth-order valence-electron chi connectivity index (χ4n) is 1.83. The molecule has 2 aromatic carbocycles. The summed E-state index contributed by atoms with van der Waals surface area (Å²) < 4.78 is 13.8. The number of phenols is 1. The van der Waals surface area contributed by atoms with Gasteiger partial charge in [-0.25, -0.2) is 4.39 Å². The highest BCUT2D eigenvalue weighted by Crippen LogP contribution is 2.24. The lowest BCUT2D eigenvalue weighted by atomic mass is 10.1. The Bertz CT molecular complexity index is 574. The first-order valence-corrected chi connectivity index (χ1v) is 6.82. The molecular weight excluding hydrogens is 309 g/mol. The van der Waals surface area contributed by atoms with E-state index < -0.39 is 0 Å². The van der Waals surface area contributed by atoms with Gasteiger partial charge < -0.3 is 10.4 Å². The van der Waals surface area contributed by atoms with Crippen molar-refractivity contribution in [1.29, 1.82) is 0 Å². The van der Waals surface area contributed by atoms with E-state index in [2.05, 4.69) is 21.2 Å². The molecule has 100 valence electrons. The van der Waals surface area contributed by atoms with Crippen molar-refractivity contribution in [3.63, 3.8) is 0 Å². The van der Waals surface area contributed by atoms with Crippen molar-refractivity contribution in [2.45, 2.75) is 19.5 Å². The molecule has 0 saturated carbocycles. The average Bonchev–Trinajstić information content (AvgIpc) is 2.40. The third-order valence-electron chi connectivity index (χ3n) is 2.97. The fourth-order valence-corrected chi connectivity index (χ4v) is 2.25. The molecule has 0 amide bonds. The van der Waals surface area contributed by atoms with Crippen LogP contribution in [0.4, 0.5) is 4.39 Å². The first kappa shape index (κ1) is 14.0. The van der Waals surface area contributed by atoms with Crippen molar-refractivity contribution < 1.29 is 9.50 Å². The largest absolute Gasteiger partial charge is 0.507 e. The van der Waals surface area contributed by atoms with Gasteiger partial charge in [0.1, 0.15) is 11.6 Å². The van der Waals surface area contributed by atoms with E-state index in [1.165, 1.54) is 12.1 Å². The molecule has 2 aromatic rings. The van der Waals surface area contributed by atoms with Crippen LogP contribution in [0.25, 0.3) is 0 Å². The number of phenolic OH excluding ortho intramolecular Hbond substituents is 1. The molecule has 0 saturated heterocycles. The number of hydrogen-bond acceptors (Lipinski definition) is 2. The summed E-state index contributed by atoms with van der Waals surface area (Å²) in [6.45, 7) is 2.64. The summed E-state index contributed by atoms with van der Waals surface area (Å²) in [6, 6.07) is 12.0. The Morgan fingerprint density at radius 2 is 2.05 bits per heavy atom. The summed E-state index contributed by atoms with van der Waals surface area (Å²) in [5.41, 5.74) is 1.96. The number of aromatic hydroxyl groups is 1. The van der Waals surface area contributed by atoms with Gasteiger partial charge in [0.25, 0.3) is 0 Å². The molecule has 0 bridgehead atoms. The maximum atomic E-state index is 13.1. The first-order chi connectivity index (χ1) is 9.06. The minimum Gasteiger partial charge on any atom is -0.507 e. The van der Waals surface area contributed by atoms with Crippen LogP contribution in [0.3, 0.4) is 0 Å². The summed E-state index contributed by atoms with van der Waals surface area (Å²) in [4.78, 5) is 0. The Labute approximate surface area is 120 Å². The molecule has 1 atom stereocenters. The van der Waals surface area contributed by atoms with Crippen molar-refractivity contribution in [3.05, 3.63) is 63.9 Å². The molecule has 0 aliphatic heterocycles. The molecule has 0 heterocycles. The van der Waals surface area contributed by atoms with Crippen molar-refractivity contribution in [1.82, 2.24) is 5.32 Å². The number of halogens is 2. The van der Waals surface area contributed by atoms with Crippen molar-refractivity contribution in [2.75, 3.05) is 0 Å². The minimum absolute atomic E-state index is 0.0586. The van der Waals surface area contributed by atoms with Gasteiger partial charge in [0.2, 0.25) is 0 Å². The SMILES string of the molecule is C[C@@H](NCc1ccc(O)c(Br)c1)c1cccc(F)c1. The molecule has 0 aliphatic rings. The highest BCUT2D eigenvalue weighted by molar-refractivity contribution is 9.10. The second kappa shape index (κ2) is 6.17. The Hall–Kier alpha value is -1.39. The average molecular weight is 324 g/mol. The zero-order valence-corrected chi connectivity index (χ0v) is 12.1. The van der Waals surface area contributed by atoms with E-state index in [4.69, 9.17) is 0 Å². The molecule has 4 heteroatoms. The van der Waals surface area contributed by atoms with Crippen LogP contribution in [-0.4, -0.2) is 5.11 Å². The predicted octanol–water partition coefficient (Wildman–Crippen LogP) is 4.14. The van der Waals surface area contributed by atoms with Gasteiger partial charge in [-0.1, -0.05) is 18.2 Å². The third kappa shape index (κ3) is 3.78. The Kier molecular flexibility index (Phi) is 4.56. The van der Waals surface area contributed by atoms with Gasteiger partial charge in [0.05, 0.1) is 4.47 Å². The lowest BCUT2D eigenvalue weighted by molar-refractivity contribution is 0.471. The van der Waals surface area contributed by atoms with Crippen LogP contribution in [0.5, 0.6) is 5.75 Å². The van der Waals surface area contributed by atoms with E-state index in [1.807, 2.05) is 25.1 Å². The minimum atomic E-state index is -0.224. The molecule has 0 spiro atoms. The molecule has 0 aliphatic carbocycles. The molecule has 2 N–H and O–H groups in total. The highest BCUT2D eigenvalue weighted by atomic mass is 79.9. The van der Waals surface area contributed by atoms with Crippen LogP contribution in [0.2, 0.25) is 0 Å². The van der Waals surface area contributed by atoms with Crippen LogP contribution in [0.1, 0.15) is 24.1 Å². The molecule has 2 rings (SSSR count). The summed E-state index contributed by atoms with van der Waals surface area (Å²) in [6.07, 6.45) is 0. The number of nitrogens with one attached hydrogen (secondary N) is 1. The zero-order chi connectivity index (χ0) is 13.8. The summed E-state index contributed by atoms with van der Waals surface area (Å²) in [5.74, 6) is 0.000423. The molecule has 2 nitrogen and oxygen atoms in total. The quantitative estimate of drug-likeness (QED) is 0.886. The van der Waals surface area contributed by atoms with E-state index in [0.29, 0.717) is 11.0 Å². The van der Waals surface area contributed by atoms with Gasteiger partial charge in [0.15, 0.2) is 0 Å². The maximum Gasteiger partial charge on any atom is 0.129 e. The smallest absolute Gasteiger partial charge is 0.129 e. The fraction of sp³-hybridized carbons (Fsp3) is 0.200. The monoisotopic (exact) mass is 323 g/mol. The van der Waals surface area contributed by atoms with Crippen LogP contribution < -0.4 is 5.32 Å². The van der Waals surface area contributed by atoms with E-state index in [0.717, 1.165) is 11.1 Å². The van der Waals surface area contributed by atoms with Crippen LogP contribution >= 0.6 is 15.9 Å². The molecular formula is C15H15BrFNO. The number of rotatable bonds is 4. The second-order valence-corrected chi connectivity index (χ2v) is 5.30. The van der Waals surface area contributed by atoms with Gasteiger partial charge in [-0.3, -0.25) is 0 Å². The summed E-state index contributed by atoms with van der Waals surface area (Å²) in [5, 5.41) is 12.7. The normalized spacial score (nSPS) is 12.4. The van der Waals surface area contributed by atoms with E-state index >= 15 is 0 Å². The molecule has 0 aromatic heterocycles. The molecule has 0 radical (unpaired) electrons. The van der Waals surface area contributed by atoms with Gasteiger partial charge in [-0.05, 0) is 58.2 Å². The lowest BCUT2D eigenvalue weighted by Gasteiger charge is -2.14. The molecule has 0 fully saturated rings. The van der Waals surface area contributed by atoms with E-state index in [1.54, 1.807) is 12.1 Å². The van der Waals surface area contributed by atoms with Crippen molar-refractivity contribution in [2.24, 2.45) is 0 Å². The van der Waals surface area contributed by atoms with Crippen molar-refractivity contribution in [3.8, 4) is 5.75 Å². The van der Waals surface area contributed by atoms with Gasteiger partial charge in [0, 0.05) is 12.6 Å². The highest BCUT2D eigenvalue weighted by Gasteiger charge is 2.06. The van der Waals surface area contributed by atoms with Gasteiger partial charge >= 0.3 is 0 Å². The standard InChI is InChI=1S/C15H15BrFNO/c1-10(12-3-2-4-13(17)8-12)18-9-11-5-6-15(19)14(16)7-11/h2-8,10,18-19H,9H2,1H3/t10-/m1/s1. The Morgan fingerprint density at radius 1 is 1.26 bits per heavy atom. The second-order valence-electron chi connectivity index (χ2n) is 4.44. The van der Waals surface area contributed by atoms with Gasteiger partial charge in [-0.15, -0.1) is 0 Å². The van der Waals surface area contributed by atoms with E-state index in [-0.39, 0.29) is 17.6 Å². The first-order valence-electron chi connectivity index (χ1n) is 6.02. The summed E-state index contributed by atoms with van der Waals surface area (Å²) in [7, 11) is 0. The van der Waals surface area contributed by atoms with Crippen LogP contribution in [0, 0.1) is 5.82 Å². The number of hydrogen-bond donors (Lipinski definition) is 2. The maximum absolute atomic E-state index is 13.1. The van der Waals surface area contributed by atoms with Crippen LogP contribution in [0.15, 0.2) is 46.9 Å². The Balaban J connectivity index is 2.00. The Morgan fingerprint density at radius 3 is 2.74 bits per heavy atom. The molecule has 19 heavy (non-hydrogen) atoms. The zero-order valence-electron chi connectivity index (χ0n) is 10.5. The lowest BCUT2D eigenvalue weighted by Crippen LogP contribution is -2.18. The van der Waals surface area contributed by atoms with Crippen LogP contribution in [-0.2, 0) is 6.54 Å². The van der Waals surface area contributed by atoms with Crippen molar-refractivity contribution >= 4 is 15.9 Å². The van der Waals surface area contributed by atoms with E-state index in [9.17, 15) is 9.50 Å². The predicted molar refractivity (Wildman–Crippen MR) is 77.5 cm³/mol. The topological polar surface area (TPSA) is 32.3 Å². The van der Waals surface area contributed by atoms with Gasteiger partial charge in [-0.2, -0.15) is 0 Å². The third-order valence-corrected chi connectivity index (χ3v) is 3.61. The molecule has 0 unspecified atom stereocenters.